The lowest BCUT2D eigenvalue weighted by Crippen LogP contribution is -2.37. The molecule has 1 aliphatic heterocycles. The van der Waals surface area contributed by atoms with Crippen molar-refractivity contribution in [3.05, 3.63) is 53.6 Å². The van der Waals surface area contributed by atoms with Gasteiger partial charge in [0.1, 0.15) is 11.8 Å². The van der Waals surface area contributed by atoms with E-state index in [-0.39, 0.29) is 11.8 Å². The van der Waals surface area contributed by atoms with Crippen LogP contribution in [0.5, 0.6) is 0 Å². The first-order valence-electron chi connectivity index (χ1n) is 8.72. The largest absolute Gasteiger partial charge is 0.356 e. The van der Waals surface area contributed by atoms with E-state index in [2.05, 4.69) is 9.97 Å². The van der Waals surface area contributed by atoms with Crippen molar-refractivity contribution in [2.45, 2.75) is 19.3 Å². The van der Waals surface area contributed by atoms with E-state index in [1.165, 1.54) is 6.20 Å². The van der Waals surface area contributed by atoms with Crippen LogP contribution in [0, 0.1) is 11.3 Å². The predicted octanol–water partition coefficient (Wildman–Crippen LogP) is 1.59. The van der Waals surface area contributed by atoms with Gasteiger partial charge >= 0.3 is 0 Å². The third-order valence-corrected chi connectivity index (χ3v) is 4.53. The molecular weight excluding hydrogens is 330 g/mol. The van der Waals surface area contributed by atoms with Crippen LogP contribution in [0.25, 0.3) is 0 Å². The van der Waals surface area contributed by atoms with Gasteiger partial charge in [-0.2, -0.15) is 5.26 Å². The average Bonchev–Trinajstić information content (AvgIpc) is 3.03. The van der Waals surface area contributed by atoms with Gasteiger partial charge in [-0.3, -0.25) is 14.6 Å². The number of nitrogens with one attached hydrogen (secondary N) is 1. The quantitative estimate of drug-likeness (QED) is 0.905. The number of nitrogens with zero attached hydrogens (tertiary/aromatic N) is 4. The number of nitriles is 1. The van der Waals surface area contributed by atoms with E-state index in [1.807, 2.05) is 23.1 Å². The number of H-pyrrole nitrogens is 1. The second-order valence-corrected chi connectivity index (χ2v) is 6.30. The van der Waals surface area contributed by atoms with Crippen molar-refractivity contribution in [3.63, 3.8) is 0 Å². The van der Waals surface area contributed by atoms with Gasteiger partial charge in [0.25, 0.3) is 5.91 Å². The Balaban J connectivity index is 1.53. The maximum Gasteiger partial charge on any atom is 0.270 e. The molecule has 0 atom stereocenters. The number of rotatable bonds is 4. The summed E-state index contributed by atoms with van der Waals surface area (Å²) in [6.45, 7) is 2.29. The summed E-state index contributed by atoms with van der Waals surface area (Å²) in [6, 6.07) is 7.40. The van der Waals surface area contributed by atoms with Crippen LogP contribution in [-0.2, 0) is 11.2 Å². The molecular formula is C19H21N5O2. The molecule has 0 unspecified atom stereocenters. The summed E-state index contributed by atoms with van der Waals surface area (Å²) in [5.41, 5.74) is 1.90. The summed E-state index contributed by atoms with van der Waals surface area (Å²) >= 11 is 0. The number of carbonyl (C=O) groups excluding carboxylic acids is 2. The molecule has 1 saturated heterocycles. The minimum atomic E-state index is -0.129. The Bertz CT molecular complexity index is 809. The first kappa shape index (κ1) is 17.7. The summed E-state index contributed by atoms with van der Waals surface area (Å²) in [6.07, 6.45) is 6.89. The molecule has 0 radical (unpaired) electrons. The normalized spacial score (nSPS) is 14.6. The minimum Gasteiger partial charge on any atom is -0.356 e. The van der Waals surface area contributed by atoms with Crippen molar-refractivity contribution in [2.24, 2.45) is 0 Å². The maximum atomic E-state index is 12.5. The first-order valence-corrected chi connectivity index (χ1v) is 8.72. The van der Waals surface area contributed by atoms with Gasteiger partial charge in [-0.05, 0) is 30.5 Å². The fourth-order valence-corrected chi connectivity index (χ4v) is 3.08. The number of pyridine rings is 1. The molecule has 2 aromatic heterocycles. The second kappa shape index (κ2) is 8.30. The lowest BCUT2D eigenvalue weighted by atomic mass is 10.1. The number of amides is 2. The van der Waals surface area contributed by atoms with Crippen molar-refractivity contribution < 1.29 is 9.59 Å². The fourth-order valence-electron chi connectivity index (χ4n) is 3.08. The summed E-state index contributed by atoms with van der Waals surface area (Å²) in [7, 11) is 0. The predicted molar refractivity (Wildman–Crippen MR) is 95.2 cm³/mol. The number of aromatic amines is 1. The summed E-state index contributed by atoms with van der Waals surface area (Å²) in [4.78, 5) is 35.5. The van der Waals surface area contributed by atoms with Gasteiger partial charge in [-0.1, -0.05) is 6.07 Å². The molecule has 0 bridgehead atoms. The molecule has 3 heterocycles. The highest BCUT2D eigenvalue weighted by molar-refractivity contribution is 5.93. The van der Waals surface area contributed by atoms with Crippen LogP contribution in [-0.4, -0.2) is 57.8 Å². The van der Waals surface area contributed by atoms with Crippen molar-refractivity contribution >= 4 is 11.8 Å². The number of aromatic nitrogens is 2. The minimum absolute atomic E-state index is 0.106. The molecule has 0 aromatic carbocycles. The molecule has 1 fully saturated rings. The van der Waals surface area contributed by atoms with Crippen LogP contribution >= 0.6 is 0 Å². The van der Waals surface area contributed by atoms with E-state index in [1.54, 1.807) is 23.4 Å². The highest BCUT2D eigenvalue weighted by Gasteiger charge is 2.23. The topological polar surface area (TPSA) is 93.1 Å². The summed E-state index contributed by atoms with van der Waals surface area (Å²) < 4.78 is 0. The van der Waals surface area contributed by atoms with E-state index in [9.17, 15) is 9.59 Å². The van der Waals surface area contributed by atoms with Crippen LogP contribution in [0.2, 0.25) is 0 Å². The van der Waals surface area contributed by atoms with E-state index in [0.717, 1.165) is 12.0 Å². The van der Waals surface area contributed by atoms with Crippen LogP contribution in [0.4, 0.5) is 0 Å². The van der Waals surface area contributed by atoms with Crippen LogP contribution in [0.15, 0.2) is 36.8 Å². The molecule has 26 heavy (non-hydrogen) atoms. The zero-order valence-corrected chi connectivity index (χ0v) is 14.5. The van der Waals surface area contributed by atoms with E-state index in [0.29, 0.717) is 50.3 Å². The second-order valence-electron chi connectivity index (χ2n) is 6.30. The zero-order chi connectivity index (χ0) is 18.4. The maximum absolute atomic E-state index is 12.5. The van der Waals surface area contributed by atoms with Gasteiger partial charge in [0, 0.05) is 51.2 Å². The van der Waals surface area contributed by atoms with Crippen LogP contribution < -0.4 is 0 Å². The Hall–Kier alpha value is -3.14. The molecule has 7 heteroatoms. The van der Waals surface area contributed by atoms with Gasteiger partial charge in [0.05, 0.1) is 5.56 Å². The van der Waals surface area contributed by atoms with Crippen LogP contribution in [0.1, 0.15) is 34.5 Å². The third-order valence-electron chi connectivity index (χ3n) is 4.53. The standard InChI is InChI=1S/C19H21N5O2/c20-12-16-11-17(22-14-16)19(26)24-8-2-7-23(9-10-24)18(25)5-4-15-3-1-6-21-13-15/h1,3,6,11,13-14,22H,2,4-5,7-10H2. The highest BCUT2D eigenvalue weighted by Crippen LogP contribution is 2.11. The first-order chi connectivity index (χ1) is 12.7. The number of hydrogen-bond donors (Lipinski definition) is 1. The van der Waals surface area contributed by atoms with Gasteiger partial charge in [0.15, 0.2) is 0 Å². The Kier molecular flexibility index (Phi) is 5.64. The number of hydrogen-bond acceptors (Lipinski definition) is 4. The summed E-state index contributed by atoms with van der Waals surface area (Å²) in [5.74, 6) is -0.0223. The Morgan fingerprint density at radius 2 is 2.04 bits per heavy atom. The third kappa shape index (κ3) is 4.28. The molecule has 0 spiro atoms. The van der Waals surface area contributed by atoms with E-state index in [4.69, 9.17) is 5.26 Å². The fraction of sp³-hybridized carbons (Fsp3) is 0.368. The SMILES string of the molecule is N#Cc1c[nH]c(C(=O)N2CCCN(C(=O)CCc3cccnc3)CC2)c1. The van der Waals surface area contributed by atoms with E-state index < -0.39 is 0 Å². The van der Waals surface area contributed by atoms with Crippen LogP contribution in [0.3, 0.4) is 0 Å². The Labute approximate surface area is 152 Å². The molecule has 2 amide bonds. The van der Waals surface area contributed by atoms with E-state index >= 15 is 0 Å². The smallest absolute Gasteiger partial charge is 0.270 e. The average molecular weight is 351 g/mol. The molecule has 1 aliphatic rings. The lowest BCUT2D eigenvalue weighted by Gasteiger charge is -2.22. The van der Waals surface area contributed by atoms with Crippen molar-refractivity contribution in [2.75, 3.05) is 26.2 Å². The lowest BCUT2D eigenvalue weighted by molar-refractivity contribution is -0.131. The number of aryl methyl sites for hydroxylation is 1. The van der Waals surface area contributed by atoms with Gasteiger partial charge in [-0.25, -0.2) is 0 Å². The highest BCUT2D eigenvalue weighted by atomic mass is 16.2. The Morgan fingerprint density at radius 3 is 2.77 bits per heavy atom. The van der Waals surface area contributed by atoms with Crippen molar-refractivity contribution in [3.8, 4) is 6.07 Å². The molecule has 1 N–H and O–H groups in total. The zero-order valence-electron chi connectivity index (χ0n) is 14.5. The molecule has 7 nitrogen and oxygen atoms in total. The molecule has 134 valence electrons. The van der Waals surface area contributed by atoms with Crippen molar-refractivity contribution in [1.29, 1.82) is 5.26 Å². The molecule has 0 saturated carbocycles. The monoisotopic (exact) mass is 351 g/mol. The summed E-state index contributed by atoms with van der Waals surface area (Å²) in [5, 5.41) is 8.87. The van der Waals surface area contributed by atoms with Crippen molar-refractivity contribution in [1.82, 2.24) is 19.8 Å². The molecule has 3 rings (SSSR count). The molecule has 0 aliphatic carbocycles. The number of carbonyl (C=O) groups is 2. The van der Waals surface area contributed by atoms with Gasteiger partial charge in [0.2, 0.25) is 5.91 Å². The van der Waals surface area contributed by atoms with Gasteiger partial charge in [-0.15, -0.1) is 0 Å². The molecule has 2 aromatic rings. The Morgan fingerprint density at radius 1 is 1.23 bits per heavy atom. The van der Waals surface area contributed by atoms with Gasteiger partial charge < -0.3 is 14.8 Å².